The standard InChI is InChI=1S/C12H17N3S/c1-14(2)10-6-4-9(5-7-10)11-8-13-12(16)15(11)3/h4-7,11H,8H2,1-3H3,(H,13,16). The van der Waals surface area contributed by atoms with Crippen LogP contribution >= 0.6 is 12.2 Å². The van der Waals surface area contributed by atoms with Gasteiger partial charge in [-0.15, -0.1) is 0 Å². The molecule has 1 heterocycles. The molecule has 0 saturated carbocycles. The molecule has 0 radical (unpaired) electrons. The quantitative estimate of drug-likeness (QED) is 0.785. The van der Waals surface area contributed by atoms with Crippen molar-refractivity contribution in [3.8, 4) is 0 Å². The van der Waals surface area contributed by atoms with Crippen LogP contribution < -0.4 is 10.2 Å². The minimum atomic E-state index is 0.365. The van der Waals surface area contributed by atoms with Crippen LogP contribution in [0.4, 0.5) is 5.69 Å². The highest BCUT2D eigenvalue weighted by molar-refractivity contribution is 7.80. The number of benzene rings is 1. The highest BCUT2D eigenvalue weighted by Crippen LogP contribution is 2.24. The average Bonchev–Trinajstić information content (AvgIpc) is 2.60. The summed E-state index contributed by atoms with van der Waals surface area (Å²) in [6.07, 6.45) is 0. The van der Waals surface area contributed by atoms with Crippen molar-refractivity contribution in [3.63, 3.8) is 0 Å². The molecule has 3 nitrogen and oxygen atoms in total. The molecule has 4 heteroatoms. The van der Waals surface area contributed by atoms with Crippen molar-refractivity contribution in [2.24, 2.45) is 0 Å². The Bertz CT molecular complexity index is 386. The lowest BCUT2D eigenvalue weighted by Gasteiger charge is -2.21. The summed E-state index contributed by atoms with van der Waals surface area (Å²) in [5.41, 5.74) is 2.53. The first-order valence-corrected chi connectivity index (χ1v) is 5.78. The maximum atomic E-state index is 5.19. The molecule has 0 bridgehead atoms. The van der Waals surface area contributed by atoms with E-state index in [1.807, 2.05) is 21.1 Å². The lowest BCUT2D eigenvalue weighted by molar-refractivity contribution is 0.429. The molecule has 2 rings (SSSR count). The first-order chi connectivity index (χ1) is 7.59. The van der Waals surface area contributed by atoms with Gasteiger partial charge >= 0.3 is 0 Å². The Hall–Kier alpha value is -1.29. The fourth-order valence-electron chi connectivity index (χ4n) is 1.92. The Balaban J connectivity index is 2.19. The van der Waals surface area contributed by atoms with Gasteiger partial charge in [0.15, 0.2) is 5.11 Å². The molecule has 0 amide bonds. The molecule has 1 atom stereocenters. The summed E-state index contributed by atoms with van der Waals surface area (Å²) >= 11 is 5.19. The van der Waals surface area contributed by atoms with E-state index in [0.717, 1.165) is 11.7 Å². The summed E-state index contributed by atoms with van der Waals surface area (Å²) in [7, 11) is 6.13. The summed E-state index contributed by atoms with van der Waals surface area (Å²) in [6.45, 7) is 0.899. The second kappa shape index (κ2) is 4.29. The Morgan fingerprint density at radius 3 is 2.38 bits per heavy atom. The molecule has 1 saturated heterocycles. The number of rotatable bonds is 2. The third-order valence-electron chi connectivity index (χ3n) is 3.03. The van der Waals surface area contributed by atoms with Crippen molar-refractivity contribution in [2.75, 3.05) is 32.6 Å². The maximum Gasteiger partial charge on any atom is 0.169 e. The number of nitrogens with zero attached hydrogens (tertiary/aromatic N) is 2. The van der Waals surface area contributed by atoms with Crippen molar-refractivity contribution < 1.29 is 0 Å². The number of hydrogen-bond acceptors (Lipinski definition) is 2. The lowest BCUT2D eigenvalue weighted by Crippen LogP contribution is -2.24. The van der Waals surface area contributed by atoms with Gasteiger partial charge in [0.1, 0.15) is 0 Å². The first kappa shape index (κ1) is 11.2. The van der Waals surface area contributed by atoms with Crippen molar-refractivity contribution in [2.45, 2.75) is 6.04 Å². The van der Waals surface area contributed by atoms with E-state index in [2.05, 4.69) is 39.4 Å². The van der Waals surface area contributed by atoms with Crippen LogP contribution in [0, 0.1) is 0 Å². The van der Waals surface area contributed by atoms with E-state index < -0.39 is 0 Å². The zero-order valence-electron chi connectivity index (χ0n) is 9.90. The number of thiocarbonyl (C=S) groups is 1. The molecule has 1 unspecified atom stereocenters. The lowest BCUT2D eigenvalue weighted by atomic mass is 10.1. The van der Waals surface area contributed by atoms with Crippen LogP contribution in [-0.2, 0) is 0 Å². The summed E-state index contributed by atoms with van der Waals surface area (Å²) < 4.78 is 0. The van der Waals surface area contributed by atoms with Crippen molar-refractivity contribution in [3.05, 3.63) is 29.8 Å². The van der Waals surface area contributed by atoms with E-state index in [4.69, 9.17) is 12.2 Å². The Morgan fingerprint density at radius 1 is 1.31 bits per heavy atom. The molecule has 1 aromatic carbocycles. The molecule has 86 valence electrons. The van der Waals surface area contributed by atoms with E-state index in [-0.39, 0.29) is 0 Å². The Labute approximate surface area is 102 Å². The molecule has 1 aliphatic heterocycles. The predicted molar refractivity (Wildman–Crippen MR) is 71.9 cm³/mol. The van der Waals surface area contributed by atoms with Gasteiger partial charge in [0.2, 0.25) is 0 Å². The van der Waals surface area contributed by atoms with Crippen LogP contribution in [0.25, 0.3) is 0 Å². The third-order valence-corrected chi connectivity index (χ3v) is 3.46. The molecule has 0 aliphatic carbocycles. The second-order valence-corrected chi connectivity index (χ2v) is 4.69. The van der Waals surface area contributed by atoms with Gasteiger partial charge in [-0.05, 0) is 29.9 Å². The Morgan fingerprint density at radius 2 is 1.94 bits per heavy atom. The number of hydrogen-bond donors (Lipinski definition) is 1. The maximum absolute atomic E-state index is 5.19. The fourth-order valence-corrected chi connectivity index (χ4v) is 2.13. The summed E-state index contributed by atoms with van der Waals surface area (Å²) in [5.74, 6) is 0. The number of likely N-dealkylation sites (N-methyl/N-ethyl adjacent to an activating group) is 1. The molecule has 1 N–H and O–H groups in total. The molecule has 1 aromatic rings. The summed E-state index contributed by atoms with van der Waals surface area (Å²) in [5, 5.41) is 4.04. The molecule has 1 aliphatic rings. The Kier molecular flexibility index (Phi) is 3.01. The minimum Gasteiger partial charge on any atom is -0.378 e. The van der Waals surface area contributed by atoms with Crippen LogP contribution in [0.2, 0.25) is 0 Å². The van der Waals surface area contributed by atoms with Crippen LogP contribution in [0.5, 0.6) is 0 Å². The molecular formula is C12H17N3S. The first-order valence-electron chi connectivity index (χ1n) is 5.37. The van der Waals surface area contributed by atoms with Gasteiger partial charge in [-0.2, -0.15) is 0 Å². The highest BCUT2D eigenvalue weighted by atomic mass is 32.1. The van der Waals surface area contributed by atoms with Gasteiger partial charge in [0.25, 0.3) is 0 Å². The van der Waals surface area contributed by atoms with Crippen molar-refractivity contribution in [1.82, 2.24) is 10.2 Å². The van der Waals surface area contributed by atoms with Gasteiger partial charge in [-0.1, -0.05) is 12.1 Å². The predicted octanol–water partition coefficient (Wildman–Crippen LogP) is 1.61. The van der Waals surface area contributed by atoms with Gasteiger partial charge in [-0.25, -0.2) is 0 Å². The van der Waals surface area contributed by atoms with Crippen molar-refractivity contribution >= 4 is 23.0 Å². The van der Waals surface area contributed by atoms with Crippen molar-refractivity contribution in [1.29, 1.82) is 0 Å². The van der Waals surface area contributed by atoms with Crippen LogP contribution in [0.3, 0.4) is 0 Å². The van der Waals surface area contributed by atoms with Gasteiger partial charge in [0, 0.05) is 33.4 Å². The van der Waals surface area contributed by atoms with Gasteiger partial charge < -0.3 is 15.1 Å². The van der Waals surface area contributed by atoms with E-state index in [9.17, 15) is 0 Å². The van der Waals surface area contributed by atoms with E-state index in [1.54, 1.807) is 0 Å². The monoisotopic (exact) mass is 235 g/mol. The molecule has 0 spiro atoms. The number of anilines is 1. The summed E-state index contributed by atoms with van der Waals surface area (Å²) in [4.78, 5) is 4.21. The van der Waals surface area contributed by atoms with Gasteiger partial charge in [-0.3, -0.25) is 0 Å². The summed E-state index contributed by atoms with van der Waals surface area (Å²) in [6, 6.07) is 9.00. The normalized spacial score (nSPS) is 19.8. The number of nitrogens with one attached hydrogen (secondary N) is 1. The third kappa shape index (κ3) is 1.97. The average molecular weight is 235 g/mol. The molecule has 1 fully saturated rings. The minimum absolute atomic E-state index is 0.365. The molecule has 16 heavy (non-hydrogen) atoms. The largest absolute Gasteiger partial charge is 0.378 e. The van der Waals surface area contributed by atoms with Crippen LogP contribution in [0.15, 0.2) is 24.3 Å². The van der Waals surface area contributed by atoms with E-state index in [0.29, 0.717) is 6.04 Å². The zero-order valence-corrected chi connectivity index (χ0v) is 10.7. The second-order valence-electron chi connectivity index (χ2n) is 4.30. The SMILES string of the molecule is CN(C)c1ccc(C2CNC(=S)N2C)cc1. The van der Waals surface area contributed by atoms with E-state index >= 15 is 0 Å². The van der Waals surface area contributed by atoms with Gasteiger partial charge in [0.05, 0.1) is 6.04 Å². The highest BCUT2D eigenvalue weighted by Gasteiger charge is 2.25. The van der Waals surface area contributed by atoms with E-state index in [1.165, 1.54) is 11.3 Å². The molecular weight excluding hydrogens is 218 g/mol. The molecule has 0 aromatic heterocycles. The zero-order chi connectivity index (χ0) is 11.7. The smallest absolute Gasteiger partial charge is 0.169 e. The fraction of sp³-hybridized carbons (Fsp3) is 0.417. The van der Waals surface area contributed by atoms with Crippen LogP contribution in [0.1, 0.15) is 11.6 Å². The van der Waals surface area contributed by atoms with Crippen LogP contribution in [-0.4, -0.2) is 37.7 Å². The topological polar surface area (TPSA) is 18.5 Å².